The molecule has 0 saturated carbocycles. The monoisotopic (exact) mass is 365 g/mol. The highest BCUT2D eigenvalue weighted by molar-refractivity contribution is 6.27. The summed E-state index contributed by atoms with van der Waals surface area (Å²) < 4.78 is 27.8. The van der Waals surface area contributed by atoms with Crippen molar-refractivity contribution in [1.82, 2.24) is 4.98 Å². The molecule has 2 heterocycles. The molecule has 1 aliphatic carbocycles. The van der Waals surface area contributed by atoms with Gasteiger partial charge in [-0.2, -0.15) is 0 Å². The molecule has 136 valence electrons. The Bertz CT molecular complexity index is 1140. The Labute approximate surface area is 154 Å². The molecular formula is C20H15NO6. The quantitative estimate of drug-likeness (QED) is 0.552. The van der Waals surface area contributed by atoms with E-state index in [0.29, 0.717) is 51.0 Å². The predicted octanol–water partition coefficient (Wildman–Crippen LogP) is 3.20. The summed E-state index contributed by atoms with van der Waals surface area (Å²) in [5, 5.41) is 1.40. The second-order valence-electron chi connectivity index (χ2n) is 6.14. The number of carbonyl (C=O) groups is 1. The summed E-state index contributed by atoms with van der Waals surface area (Å²) in [6.45, 7) is 0.121. The fourth-order valence-electron chi connectivity index (χ4n) is 3.83. The molecule has 2 aliphatic rings. The number of nitrogens with zero attached hydrogens (tertiary/aromatic N) is 1. The van der Waals surface area contributed by atoms with Crippen molar-refractivity contribution in [2.75, 3.05) is 28.1 Å². The normalized spacial score (nSPS) is 13.5. The van der Waals surface area contributed by atoms with Crippen molar-refractivity contribution in [2.24, 2.45) is 0 Å². The standard InChI is InChI=1S/C20H15NO6/c1-23-18-9-4-5-21-16-14(9)15(19(24-2)20(18)25-3)10-6-12-13(27-8-26-12)7-11(10)17(16)22/h4-7H,8H2,1-3H3. The number of ether oxygens (including phenoxy) is 5. The van der Waals surface area contributed by atoms with Crippen molar-refractivity contribution < 1.29 is 28.5 Å². The van der Waals surface area contributed by atoms with Crippen LogP contribution >= 0.6 is 0 Å². The van der Waals surface area contributed by atoms with E-state index in [4.69, 9.17) is 23.7 Å². The van der Waals surface area contributed by atoms with Crippen LogP contribution in [0.1, 0.15) is 16.1 Å². The maximum absolute atomic E-state index is 13.2. The van der Waals surface area contributed by atoms with Gasteiger partial charge in [-0.1, -0.05) is 0 Å². The molecule has 0 radical (unpaired) electrons. The summed E-state index contributed by atoms with van der Waals surface area (Å²) in [6, 6.07) is 5.29. The van der Waals surface area contributed by atoms with Gasteiger partial charge < -0.3 is 23.7 Å². The van der Waals surface area contributed by atoms with Crippen LogP contribution < -0.4 is 23.7 Å². The van der Waals surface area contributed by atoms with Crippen molar-refractivity contribution in [3.8, 4) is 39.9 Å². The van der Waals surface area contributed by atoms with Crippen molar-refractivity contribution in [3.05, 3.63) is 35.7 Å². The molecule has 2 aromatic carbocycles. The number of hydrogen-bond donors (Lipinski definition) is 0. The van der Waals surface area contributed by atoms with Gasteiger partial charge in [0.25, 0.3) is 0 Å². The summed E-state index contributed by atoms with van der Waals surface area (Å²) in [7, 11) is 4.66. The van der Waals surface area contributed by atoms with E-state index < -0.39 is 0 Å². The largest absolute Gasteiger partial charge is 0.492 e. The van der Waals surface area contributed by atoms with Crippen molar-refractivity contribution in [3.63, 3.8) is 0 Å². The molecule has 0 amide bonds. The highest BCUT2D eigenvalue weighted by atomic mass is 16.7. The summed E-state index contributed by atoms with van der Waals surface area (Å²) in [6.07, 6.45) is 1.59. The molecule has 0 bridgehead atoms. The van der Waals surface area contributed by atoms with Crippen LogP contribution in [0.2, 0.25) is 0 Å². The first-order valence-electron chi connectivity index (χ1n) is 8.29. The molecule has 0 fully saturated rings. The number of benzene rings is 2. The molecule has 7 nitrogen and oxygen atoms in total. The highest BCUT2D eigenvalue weighted by Gasteiger charge is 2.35. The lowest BCUT2D eigenvalue weighted by atomic mass is 9.84. The first kappa shape index (κ1) is 15.7. The van der Waals surface area contributed by atoms with Crippen LogP contribution in [0.5, 0.6) is 28.7 Å². The van der Waals surface area contributed by atoms with E-state index in [9.17, 15) is 4.79 Å². The van der Waals surface area contributed by atoms with Gasteiger partial charge in [-0.3, -0.25) is 9.78 Å². The minimum atomic E-state index is -0.185. The maximum atomic E-state index is 13.2. The van der Waals surface area contributed by atoms with Crippen LogP contribution in [0.25, 0.3) is 21.9 Å². The Kier molecular flexibility index (Phi) is 3.21. The Hall–Kier alpha value is -3.48. The Morgan fingerprint density at radius 3 is 2.26 bits per heavy atom. The fraction of sp³-hybridized carbons (Fsp3) is 0.200. The number of aromatic nitrogens is 1. The zero-order chi connectivity index (χ0) is 18.7. The molecule has 7 heteroatoms. The highest BCUT2D eigenvalue weighted by Crippen LogP contribution is 2.55. The van der Waals surface area contributed by atoms with Crippen LogP contribution in [0.15, 0.2) is 24.4 Å². The number of fused-ring (bicyclic) bond motifs is 3. The smallest absolute Gasteiger partial charge is 0.231 e. The molecule has 0 unspecified atom stereocenters. The number of rotatable bonds is 3. The molecule has 3 aromatic rings. The molecule has 1 aromatic heterocycles. The Balaban J connectivity index is 2.01. The van der Waals surface area contributed by atoms with Gasteiger partial charge >= 0.3 is 0 Å². The summed E-state index contributed by atoms with van der Waals surface area (Å²) in [5.74, 6) is 2.36. The van der Waals surface area contributed by atoms with Gasteiger partial charge in [-0.05, 0) is 18.2 Å². The SMILES string of the molecule is COc1c(OC)c2c3c(nccc3c1OC)C(=O)c1cc3c(cc1-2)OCO3. The molecule has 0 atom stereocenters. The third-order valence-corrected chi connectivity index (χ3v) is 4.94. The fourth-order valence-corrected chi connectivity index (χ4v) is 3.83. The average Bonchev–Trinajstić information content (AvgIpc) is 3.16. The van der Waals surface area contributed by atoms with Crippen LogP contribution in [-0.2, 0) is 0 Å². The van der Waals surface area contributed by atoms with Crippen LogP contribution in [0.4, 0.5) is 0 Å². The van der Waals surface area contributed by atoms with E-state index in [0.717, 1.165) is 10.9 Å². The molecule has 27 heavy (non-hydrogen) atoms. The minimum absolute atomic E-state index is 0.121. The number of pyridine rings is 1. The first-order valence-corrected chi connectivity index (χ1v) is 8.29. The number of methoxy groups -OCH3 is 3. The van der Waals surface area contributed by atoms with Gasteiger partial charge in [0.05, 0.1) is 21.3 Å². The van der Waals surface area contributed by atoms with Gasteiger partial charge in [-0.15, -0.1) is 0 Å². The Morgan fingerprint density at radius 1 is 0.926 bits per heavy atom. The maximum Gasteiger partial charge on any atom is 0.231 e. The van der Waals surface area contributed by atoms with Gasteiger partial charge in [0, 0.05) is 33.7 Å². The zero-order valence-electron chi connectivity index (χ0n) is 14.9. The lowest BCUT2D eigenvalue weighted by molar-refractivity contribution is 0.103. The van der Waals surface area contributed by atoms with Crippen molar-refractivity contribution in [2.45, 2.75) is 0 Å². The molecule has 0 saturated heterocycles. The summed E-state index contributed by atoms with van der Waals surface area (Å²) in [5.41, 5.74) is 2.24. The van der Waals surface area contributed by atoms with E-state index in [1.807, 2.05) is 0 Å². The first-order chi connectivity index (χ1) is 13.2. The van der Waals surface area contributed by atoms with E-state index in [2.05, 4.69) is 4.98 Å². The number of ketones is 1. The molecular weight excluding hydrogens is 350 g/mol. The van der Waals surface area contributed by atoms with Gasteiger partial charge in [0.15, 0.2) is 23.0 Å². The van der Waals surface area contributed by atoms with E-state index >= 15 is 0 Å². The topological polar surface area (TPSA) is 76.1 Å². The third kappa shape index (κ3) is 1.91. The van der Waals surface area contributed by atoms with Crippen LogP contribution in [0, 0.1) is 0 Å². The van der Waals surface area contributed by atoms with Gasteiger partial charge in [-0.25, -0.2) is 0 Å². The van der Waals surface area contributed by atoms with E-state index in [1.54, 1.807) is 45.7 Å². The second-order valence-corrected chi connectivity index (χ2v) is 6.14. The second kappa shape index (κ2) is 5.51. The van der Waals surface area contributed by atoms with Crippen LogP contribution in [0.3, 0.4) is 0 Å². The van der Waals surface area contributed by atoms with Gasteiger partial charge in [0.1, 0.15) is 5.69 Å². The minimum Gasteiger partial charge on any atom is -0.492 e. The lowest BCUT2D eigenvalue weighted by Crippen LogP contribution is -2.13. The molecule has 0 spiro atoms. The lowest BCUT2D eigenvalue weighted by Gasteiger charge is -2.24. The average molecular weight is 365 g/mol. The number of hydrogen-bond acceptors (Lipinski definition) is 7. The van der Waals surface area contributed by atoms with Crippen LogP contribution in [-0.4, -0.2) is 38.9 Å². The van der Waals surface area contributed by atoms with E-state index in [1.165, 1.54) is 0 Å². The molecule has 0 N–H and O–H groups in total. The number of carbonyl (C=O) groups excluding carboxylic acids is 1. The molecule has 5 rings (SSSR count). The zero-order valence-corrected chi connectivity index (χ0v) is 14.9. The Morgan fingerprint density at radius 2 is 1.59 bits per heavy atom. The predicted molar refractivity (Wildman–Crippen MR) is 96.4 cm³/mol. The van der Waals surface area contributed by atoms with Crippen molar-refractivity contribution >= 4 is 16.6 Å². The summed E-state index contributed by atoms with van der Waals surface area (Å²) >= 11 is 0. The van der Waals surface area contributed by atoms with Crippen molar-refractivity contribution in [1.29, 1.82) is 0 Å². The van der Waals surface area contributed by atoms with E-state index in [-0.39, 0.29) is 12.6 Å². The summed E-state index contributed by atoms with van der Waals surface area (Å²) in [4.78, 5) is 17.5. The molecule has 1 aliphatic heterocycles. The third-order valence-electron chi connectivity index (χ3n) is 4.94. The van der Waals surface area contributed by atoms with Gasteiger partial charge in [0.2, 0.25) is 18.3 Å².